The fourth-order valence-corrected chi connectivity index (χ4v) is 3.09. The zero-order valence-electron chi connectivity index (χ0n) is 11.1. The molecule has 2 aliphatic rings. The lowest BCUT2D eigenvalue weighted by molar-refractivity contribution is 0.487. The Morgan fingerprint density at radius 2 is 2.42 bits per heavy atom. The van der Waals surface area contributed by atoms with Crippen LogP contribution in [0, 0.1) is 0 Å². The van der Waals surface area contributed by atoms with Crippen LogP contribution in [-0.4, -0.2) is 45.8 Å². The molecule has 1 fully saturated rings. The highest BCUT2D eigenvalue weighted by Gasteiger charge is 2.27. The second-order valence-electron chi connectivity index (χ2n) is 4.89. The molecule has 1 aromatic heterocycles. The van der Waals surface area contributed by atoms with Crippen molar-refractivity contribution in [3.8, 4) is 0 Å². The van der Waals surface area contributed by atoms with Crippen molar-refractivity contribution in [2.24, 2.45) is 10.7 Å². The molecule has 0 atom stereocenters. The number of aliphatic imine (C=N–C) groups is 1. The number of halogens is 1. The van der Waals surface area contributed by atoms with E-state index in [1.807, 2.05) is 18.8 Å². The molecular formula is C12H20IN5S. The van der Waals surface area contributed by atoms with Crippen LogP contribution in [-0.2, 0) is 13.0 Å². The average molecular weight is 393 g/mol. The van der Waals surface area contributed by atoms with Crippen molar-refractivity contribution in [2.45, 2.75) is 37.0 Å². The van der Waals surface area contributed by atoms with Crippen LogP contribution in [0.1, 0.15) is 18.5 Å². The van der Waals surface area contributed by atoms with Crippen LogP contribution in [0.5, 0.6) is 0 Å². The Kier molecular flexibility index (Phi) is 4.99. The third-order valence-corrected chi connectivity index (χ3v) is 4.42. The van der Waals surface area contributed by atoms with E-state index in [0.29, 0.717) is 12.0 Å². The van der Waals surface area contributed by atoms with E-state index >= 15 is 0 Å². The highest BCUT2D eigenvalue weighted by atomic mass is 127. The van der Waals surface area contributed by atoms with Gasteiger partial charge in [0.1, 0.15) is 0 Å². The Labute approximate surface area is 135 Å². The Bertz CT molecular complexity index is 447. The third-order valence-electron chi connectivity index (χ3n) is 3.45. The van der Waals surface area contributed by atoms with E-state index in [-0.39, 0.29) is 24.0 Å². The fourth-order valence-electron chi connectivity index (χ4n) is 2.13. The first-order valence-corrected chi connectivity index (χ1v) is 7.44. The lowest BCUT2D eigenvalue weighted by Gasteiger charge is -2.16. The van der Waals surface area contributed by atoms with Crippen molar-refractivity contribution in [3.05, 3.63) is 11.9 Å². The van der Waals surface area contributed by atoms with Crippen molar-refractivity contribution in [1.29, 1.82) is 0 Å². The molecule has 1 aliphatic heterocycles. The van der Waals surface area contributed by atoms with Crippen LogP contribution >= 0.6 is 35.7 Å². The number of imidazole rings is 1. The summed E-state index contributed by atoms with van der Waals surface area (Å²) < 4.78 is 2.23. The van der Waals surface area contributed by atoms with Gasteiger partial charge in [0.2, 0.25) is 0 Å². The van der Waals surface area contributed by atoms with Crippen LogP contribution in [0.2, 0.25) is 0 Å². The second kappa shape index (κ2) is 6.34. The predicted molar refractivity (Wildman–Crippen MR) is 89.3 cm³/mol. The zero-order valence-corrected chi connectivity index (χ0v) is 14.2. The Morgan fingerprint density at radius 1 is 1.63 bits per heavy atom. The summed E-state index contributed by atoms with van der Waals surface area (Å²) >= 11 is 1.83. The molecule has 0 saturated heterocycles. The lowest BCUT2D eigenvalue weighted by atomic mass is 10.3. The standard InChI is InChI=1S/C12H19N5S.HI/c1-16(10-2-3-10)11(13)14-5-4-9-8-17-6-7-18-12(17)15-9;/h8,10H,2-7H2,1H3,(H2,13,14);1H. The van der Waals surface area contributed by atoms with Gasteiger partial charge in [-0.3, -0.25) is 4.99 Å². The maximum Gasteiger partial charge on any atom is 0.191 e. The van der Waals surface area contributed by atoms with Gasteiger partial charge in [0.25, 0.3) is 0 Å². The molecule has 106 valence electrons. The lowest BCUT2D eigenvalue weighted by Crippen LogP contribution is -2.35. The maximum atomic E-state index is 5.94. The largest absolute Gasteiger partial charge is 0.370 e. The quantitative estimate of drug-likeness (QED) is 0.479. The van der Waals surface area contributed by atoms with E-state index in [1.54, 1.807) is 0 Å². The molecule has 0 amide bonds. The van der Waals surface area contributed by atoms with Gasteiger partial charge in [-0.2, -0.15) is 0 Å². The van der Waals surface area contributed by atoms with E-state index < -0.39 is 0 Å². The highest BCUT2D eigenvalue weighted by Crippen LogP contribution is 2.25. The molecule has 0 bridgehead atoms. The number of rotatable bonds is 4. The van der Waals surface area contributed by atoms with Gasteiger partial charge >= 0.3 is 0 Å². The minimum Gasteiger partial charge on any atom is -0.370 e. The molecule has 0 unspecified atom stereocenters. The topological polar surface area (TPSA) is 59.4 Å². The van der Waals surface area contributed by atoms with Gasteiger partial charge in [0, 0.05) is 44.5 Å². The van der Waals surface area contributed by atoms with Gasteiger partial charge < -0.3 is 15.2 Å². The number of aromatic nitrogens is 2. The first-order chi connectivity index (χ1) is 8.74. The monoisotopic (exact) mass is 393 g/mol. The van der Waals surface area contributed by atoms with E-state index in [0.717, 1.165) is 36.1 Å². The van der Waals surface area contributed by atoms with Crippen LogP contribution in [0.25, 0.3) is 0 Å². The molecule has 2 heterocycles. The van der Waals surface area contributed by atoms with Crippen LogP contribution in [0.3, 0.4) is 0 Å². The Morgan fingerprint density at radius 3 is 3.11 bits per heavy atom. The molecule has 1 saturated carbocycles. The summed E-state index contributed by atoms with van der Waals surface area (Å²) in [5, 5.41) is 1.15. The number of thioether (sulfide) groups is 1. The Balaban J connectivity index is 0.00000133. The van der Waals surface area contributed by atoms with E-state index in [4.69, 9.17) is 5.73 Å². The summed E-state index contributed by atoms with van der Waals surface area (Å²) in [6, 6.07) is 0.626. The molecule has 1 aliphatic carbocycles. The number of guanidine groups is 1. The number of aryl methyl sites for hydroxylation is 1. The van der Waals surface area contributed by atoms with Gasteiger partial charge in [-0.05, 0) is 12.8 Å². The minimum atomic E-state index is 0. The molecule has 19 heavy (non-hydrogen) atoms. The first-order valence-electron chi connectivity index (χ1n) is 6.45. The fraction of sp³-hybridized carbons (Fsp3) is 0.667. The summed E-state index contributed by atoms with van der Waals surface area (Å²) in [4.78, 5) is 11.1. The van der Waals surface area contributed by atoms with Gasteiger partial charge in [-0.1, -0.05) is 11.8 Å². The van der Waals surface area contributed by atoms with Crippen molar-refractivity contribution >= 4 is 41.7 Å². The zero-order chi connectivity index (χ0) is 12.5. The SMILES string of the molecule is CN(C(N)=NCCc1cn2c(n1)SCC2)C1CC1.I. The maximum absolute atomic E-state index is 5.94. The number of nitrogens with two attached hydrogens (primary N) is 1. The summed E-state index contributed by atoms with van der Waals surface area (Å²) in [6.45, 7) is 1.81. The number of fused-ring (bicyclic) bond motifs is 1. The summed E-state index contributed by atoms with van der Waals surface area (Å²) in [5.74, 6) is 1.82. The van der Waals surface area contributed by atoms with Gasteiger partial charge in [0.05, 0.1) is 5.69 Å². The second-order valence-corrected chi connectivity index (χ2v) is 5.95. The predicted octanol–water partition coefficient (Wildman–Crippen LogP) is 1.56. The molecule has 3 rings (SSSR count). The van der Waals surface area contributed by atoms with Gasteiger partial charge in [0.15, 0.2) is 11.1 Å². The Hall–Kier alpha value is -0.440. The van der Waals surface area contributed by atoms with Gasteiger partial charge in [-0.25, -0.2) is 4.98 Å². The van der Waals surface area contributed by atoms with Crippen molar-refractivity contribution < 1.29 is 0 Å². The van der Waals surface area contributed by atoms with Crippen LogP contribution in [0.4, 0.5) is 0 Å². The first kappa shape index (κ1) is 15.0. The molecule has 0 spiro atoms. The van der Waals surface area contributed by atoms with Crippen LogP contribution < -0.4 is 5.73 Å². The van der Waals surface area contributed by atoms with E-state index in [2.05, 4.69) is 25.6 Å². The van der Waals surface area contributed by atoms with E-state index in [1.165, 1.54) is 12.8 Å². The summed E-state index contributed by atoms with van der Waals surface area (Å²) in [5.41, 5.74) is 7.07. The van der Waals surface area contributed by atoms with E-state index in [9.17, 15) is 0 Å². The van der Waals surface area contributed by atoms with Crippen LogP contribution in [0.15, 0.2) is 16.3 Å². The molecule has 5 nitrogen and oxygen atoms in total. The molecule has 0 radical (unpaired) electrons. The average Bonchev–Trinajstić information content (AvgIpc) is 2.99. The highest BCUT2D eigenvalue weighted by molar-refractivity contribution is 14.0. The van der Waals surface area contributed by atoms with Crippen molar-refractivity contribution in [2.75, 3.05) is 19.3 Å². The molecular weight excluding hydrogens is 373 g/mol. The number of hydrogen-bond donors (Lipinski definition) is 1. The van der Waals surface area contributed by atoms with Crippen molar-refractivity contribution in [1.82, 2.24) is 14.5 Å². The smallest absolute Gasteiger partial charge is 0.191 e. The summed E-state index contributed by atoms with van der Waals surface area (Å²) in [7, 11) is 2.03. The normalized spacial score (nSPS) is 18.1. The third kappa shape index (κ3) is 3.56. The number of hydrogen-bond acceptors (Lipinski definition) is 3. The molecule has 0 aromatic carbocycles. The molecule has 2 N–H and O–H groups in total. The molecule has 7 heteroatoms. The van der Waals surface area contributed by atoms with Crippen molar-refractivity contribution in [3.63, 3.8) is 0 Å². The van der Waals surface area contributed by atoms with Gasteiger partial charge in [-0.15, -0.1) is 24.0 Å². The summed E-state index contributed by atoms with van der Waals surface area (Å²) in [6.07, 6.45) is 5.51. The number of nitrogens with zero attached hydrogens (tertiary/aromatic N) is 4. The minimum absolute atomic E-state index is 0. The molecule has 1 aromatic rings.